The van der Waals surface area contributed by atoms with Crippen LogP contribution >= 0.6 is 0 Å². The van der Waals surface area contributed by atoms with E-state index in [0.717, 1.165) is 12.0 Å². The number of fused-ring (bicyclic) bond motifs is 1. The summed E-state index contributed by atoms with van der Waals surface area (Å²) in [4.78, 5) is 11.4. The van der Waals surface area contributed by atoms with Crippen molar-refractivity contribution in [2.24, 2.45) is 5.73 Å². The first kappa shape index (κ1) is 9.34. The highest BCUT2D eigenvalue weighted by Crippen LogP contribution is 2.35. The Morgan fingerprint density at radius 1 is 1.57 bits per heavy atom. The second-order valence-electron chi connectivity index (χ2n) is 3.83. The highest BCUT2D eigenvalue weighted by Gasteiger charge is 2.39. The normalized spacial score (nSPS) is 24.8. The molecule has 2 N–H and O–H groups in total. The molecule has 3 heteroatoms. The van der Waals surface area contributed by atoms with Crippen LogP contribution in [0, 0.1) is 5.82 Å². The van der Waals surface area contributed by atoms with Gasteiger partial charge in [0.15, 0.2) is 5.78 Å². The molecule has 74 valence electrons. The molecule has 0 spiro atoms. The Hall–Kier alpha value is -1.22. The van der Waals surface area contributed by atoms with Crippen molar-refractivity contribution in [1.82, 2.24) is 0 Å². The molecule has 1 atom stereocenters. The summed E-state index contributed by atoms with van der Waals surface area (Å²) in [5.74, 6) is -0.427. The van der Waals surface area contributed by atoms with Gasteiger partial charge in [-0.2, -0.15) is 0 Å². The molecule has 0 saturated heterocycles. The largest absolute Gasteiger partial charge is 0.315 e. The first-order chi connectivity index (χ1) is 6.54. The van der Waals surface area contributed by atoms with Gasteiger partial charge in [0.05, 0.1) is 0 Å². The molecule has 0 aliphatic heterocycles. The van der Waals surface area contributed by atoms with E-state index in [4.69, 9.17) is 5.73 Å². The van der Waals surface area contributed by atoms with Crippen molar-refractivity contribution in [1.29, 1.82) is 0 Å². The average Bonchev–Trinajstić information content (AvgIpc) is 2.46. The van der Waals surface area contributed by atoms with E-state index in [-0.39, 0.29) is 11.6 Å². The molecule has 1 aliphatic carbocycles. The van der Waals surface area contributed by atoms with Crippen molar-refractivity contribution in [2.45, 2.75) is 25.3 Å². The third-order valence-electron chi connectivity index (χ3n) is 2.97. The first-order valence-electron chi connectivity index (χ1n) is 4.63. The molecule has 0 radical (unpaired) electrons. The molecule has 0 aromatic heterocycles. The molecule has 0 heterocycles. The van der Waals surface area contributed by atoms with Crippen LogP contribution in [0.15, 0.2) is 18.2 Å². The molecule has 1 aliphatic rings. The topological polar surface area (TPSA) is 43.1 Å². The maximum Gasteiger partial charge on any atom is 0.154 e. The van der Waals surface area contributed by atoms with Gasteiger partial charge < -0.3 is 5.73 Å². The second-order valence-corrected chi connectivity index (χ2v) is 3.83. The highest BCUT2D eigenvalue weighted by atomic mass is 19.1. The van der Waals surface area contributed by atoms with Gasteiger partial charge in [-0.15, -0.1) is 0 Å². The number of Topliss-reactive ketones (excluding diaryl/α,β-unsaturated/α-hetero) is 1. The van der Waals surface area contributed by atoms with E-state index in [1.165, 1.54) is 19.1 Å². The number of hydrogen-bond acceptors (Lipinski definition) is 2. The summed E-state index contributed by atoms with van der Waals surface area (Å²) < 4.78 is 13.0. The molecular formula is C11H12FNO. The summed E-state index contributed by atoms with van der Waals surface area (Å²) in [6.45, 7) is 1.46. The van der Waals surface area contributed by atoms with E-state index in [1.54, 1.807) is 6.07 Å². The van der Waals surface area contributed by atoms with Crippen LogP contribution in [-0.2, 0) is 16.8 Å². The summed E-state index contributed by atoms with van der Waals surface area (Å²) in [7, 11) is 0. The van der Waals surface area contributed by atoms with Gasteiger partial charge in [-0.1, -0.05) is 6.07 Å². The van der Waals surface area contributed by atoms with Gasteiger partial charge in [0.2, 0.25) is 0 Å². The Kier molecular flexibility index (Phi) is 1.93. The number of aryl methyl sites for hydroxylation is 1. The number of benzene rings is 1. The number of ketones is 1. The van der Waals surface area contributed by atoms with Crippen molar-refractivity contribution in [2.75, 3.05) is 0 Å². The van der Waals surface area contributed by atoms with Crippen LogP contribution in [0.5, 0.6) is 0 Å². The average molecular weight is 193 g/mol. The minimum absolute atomic E-state index is 0.0955. The summed E-state index contributed by atoms with van der Waals surface area (Å²) in [6.07, 6.45) is 1.34. The predicted molar refractivity (Wildman–Crippen MR) is 51.3 cm³/mol. The van der Waals surface area contributed by atoms with Crippen molar-refractivity contribution in [3.05, 3.63) is 35.1 Å². The summed E-state index contributed by atoms with van der Waals surface area (Å²) in [6, 6.07) is 4.50. The Morgan fingerprint density at radius 3 is 2.93 bits per heavy atom. The number of rotatable bonds is 1. The highest BCUT2D eigenvalue weighted by molar-refractivity contribution is 5.88. The van der Waals surface area contributed by atoms with Crippen LogP contribution in [0.25, 0.3) is 0 Å². The lowest BCUT2D eigenvalue weighted by Gasteiger charge is -2.21. The standard InChI is InChI=1S/C11H12FNO/c1-7(14)11(13)5-4-8-2-3-9(12)6-10(8)11/h2-3,6H,4-5,13H2,1H3. The molecule has 14 heavy (non-hydrogen) atoms. The Bertz CT molecular complexity index is 402. The predicted octanol–water partition coefficient (Wildman–Crippen LogP) is 1.51. The van der Waals surface area contributed by atoms with Crippen molar-refractivity contribution in [3.8, 4) is 0 Å². The molecule has 1 aromatic carbocycles. The number of carbonyl (C=O) groups excluding carboxylic acids is 1. The summed E-state index contributed by atoms with van der Waals surface area (Å²) >= 11 is 0. The van der Waals surface area contributed by atoms with E-state index < -0.39 is 5.54 Å². The summed E-state index contributed by atoms with van der Waals surface area (Å²) in [5, 5.41) is 0. The van der Waals surface area contributed by atoms with Crippen LogP contribution in [0.3, 0.4) is 0 Å². The van der Waals surface area contributed by atoms with Gasteiger partial charge >= 0.3 is 0 Å². The zero-order valence-electron chi connectivity index (χ0n) is 8.01. The molecule has 0 saturated carbocycles. The zero-order valence-corrected chi connectivity index (χ0v) is 8.01. The lowest BCUT2D eigenvalue weighted by Crippen LogP contribution is -2.41. The van der Waals surface area contributed by atoms with Crippen LogP contribution in [0.4, 0.5) is 4.39 Å². The minimum Gasteiger partial charge on any atom is -0.315 e. The molecular weight excluding hydrogens is 181 g/mol. The fourth-order valence-electron chi connectivity index (χ4n) is 2.01. The van der Waals surface area contributed by atoms with Crippen molar-refractivity contribution in [3.63, 3.8) is 0 Å². The van der Waals surface area contributed by atoms with E-state index in [9.17, 15) is 9.18 Å². The van der Waals surface area contributed by atoms with Crippen LogP contribution in [0.1, 0.15) is 24.5 Å². The number of halogens is 1. The number of carbonyl (C=O) groups is 1. The lowest BCUT2D eigenvalue weighted by molar-refractivity contribution is -0.122. The number of nitrogens with two attached hydrogens (primary N) is 1. The van der Waals surface area contributed by atoms with Gasteiger partial charge in [-0.05, 0) is 43.0 Å². The Balaban J connectivity index is 2.58. The maximum atomic E-state index is 13.0. The minimum atomic E-state index is -0.961. The zero-order chi connectivity index (χ0) is 10.3. The van der Waals surface area contributed by atoms with Crippen molar-refractivity contribution < 1.29 is 9.18 Å². The fourth-order valence-corrected chi connectivity index (χ4v) is 2.01. The third kappa shape index (κ3) is 1.16. The Labute approximate surface area is 81.9 Å². The SMILES string of the molecule is CC(=O)C1(N)CCc2ccc(F)cc21. The second kappa shape index (κ2) is 2.89. The fraction of sp³-hybridized carbons (Fsp3) is 0.364. The van der Waals surface area contributed by atoms with Gasteiger partial charge in [0.25, 0.3) is 0 Å². The van der Waals surface area contributed by atoms with Gasteiger partial charge in [-0.3, -0.25) is 4.79 Å². The molecule has 2 nitrogen and oxygen atoms in total. The molecule has 0 amide bonds. The van der Waals surface area contributed by atoms with E-state index in [2.05, 4.69) is 0 Å². The van der Waals surface area contributed by atoms with Gasteiger partial charge in [0, 0.05) is 0 Å². The van der Waals surface area contributed by atoms with Gasteiger partial charge in [0.1, 0.15) is 11.4 Å². The molecule has 1 aromatic rings. The number of hydrogen-bond donors (Lipinski definition) is 1. The lowest BCUT2D eigenvalue weighted by atomic mass is 9.89. The first-order valence-corrected chi connectivity index (χ1v) is 4.63. The molecule has 0 bridgehead atoms. The monoisotopic (exact) mass is 193 g/mol. The molecule has 2 rings (SSSR count). The third-order valence-corrected chi connectivity index (χ3v) is 2.97. The van der Waals surface area contributed by atoms with E-state index in [1.807, 2.05) is 0 Å². The van der Waals surface area contributed by atoms with E-state index in [0.29, 0.717) is 12.0 Å². The maximum absolute atomic E-state index is 13.0. The summed E-state index contributed by atoms with van der Waals surface area (Å²) in [5.41, 5.74) is 6.65. The quantitative estimate of drug-likeness (QED) is 0.734. The molecule has 0 fully saturated rings. The van der Waals surface area contributed by atoms with Gasteiger partial charge in [-0.25, -0.2) is 4.39 Å². The van der Waals surface area contributed by atoms with Crippen LogP contribution in [-0.4, -0.2) is 5.78 Å². The van der Waals surface area contributed by atoms with E-state index >= 15 is 0 Å². The Morgan fingerprint density at radius 2 is 2.29 bits per heavy atom. The van der Waals surface area contributed by atoms with Crippen LogP contribution < -0.4 is 5.73 Å². The smallest absolute Gasteiger partial charge is 0.154 e. The van der Waals surface area contributed by atoms with Crippen LogP contribution in [0.2, 0.25) is 0 Å². The molecule has 1 unspecified atom stereocenters. The van der Waals surface area contributed by atoms with Crippen molar-refractivity contribution >= 4 is 5.78 Å².